The van der Waals surface area contributed by atoms with Crippen LogP contribution in [0.3, 0.4) is 0 Å². The van der Waals surface area contributed by atoms with E-state index in [9.17, 15) is 9.59 Å². The van der Waals surface area contributed by atoms with Gasteiger partial charge < -0.3 is 10.0 Å². The van der Waals surface area contributed by atoms with E-state index in [-0.39, 0.29) is 19.0 Å². The molecule has 0 unspecified atom stereocenters. The van der Waals surface area contributed by atoms with Crippen molar-refractivity contribution in [1.29, 1.82) is 0 Å². The summed E-state index contributed by atoms with van der Waals surface area (Å²) in [5.41, 5.74) is 3.14. The molecule has 0 atom stereocenters. The standard InChI is InChI=1S/C21H18N2O3/c24-20(25)15-23(14-19-8-4-5-13-22-19)21(26)18-11-9-17(10-12-18)16-6-2-1-3-7-16/h1-13H,14-15H2,(H,24,25). The van der Waals surface area contributed by atoms with Crippen LogP contribution in [0.1, 0.15) is 16.1 Å². The predicted octanol–water partition coefficient (Wildman–Crippen LogP) is 3.48. The highest BCUT2D eigenvalue weighted by molar-refractivity contribution is 5.96. The number of carbonyl (C=O) groups is 2. The highest BCUT2D eigenvalue weighted by atomic mass is 16.4. The van der Waals surface area contributed by atoms with Crippen LogP contribution in [0.15, 0.2) is 79.0 Å². The van der Waals surface area contributed by atoms with Crippen LogP contribution < -0.4 is 0 Å². The average Bonchev–Trinajstić information content (AvgIpc) is 2.68. The fourth-order valence-electron chi connectivity index (χ4n) is 2.67. The Hall–Kier alpha value is -3.47. The first-order chi connectivity index (χ1) is 12.6. The molecule has 3 aromatic rings. The van der Waals surface area contributed by atoms with Gasteiger partial charge in [-0.25, -0.2) is 0 Å². The number of aliphatic carboxylic acids is 1. The molecule has 0 saturated heterocycles. The number of pyridine rings is 1. The Morgan fingerprint density at radius 2 is 1.50 bits per heavy atom. The lowest BCUT2D eigenvalue weighted by Crippen LogP contribution is -2.35. The quantitative estimate of drug-likeness (QED) is 0.742. The van der Waals surface area contributed by atoms with Gasteiger partial charge in [-0.1, -0.05) is 48.5 Å². The number of hydrogen-bond donors (Lipinski definition) is 1. The van der Waals surface area contributed by atoms with E-state index in [1.54, 1.807) is 36.5 Å². The number of carbonyl (C=O) groups excluding carboxylic acids is 1. The van der Waals surface area contributed by atoms with Gasteiger partial charge in [0.1, 0.15) is 6.54 Å². The SMILES string of the molecule is O=C(O)CN(Cc1ccccn1)C(=O)c1ccc(-c2ccccc2)cc1. The van der Waals surface area contributed by atoms with E-state index in [0.29, 0.717) is 11.3 Å². The van der Waals surface area contributed by atoms with E-state index in [0.717, 1.165) is 11.1 Å². The van der Waals surface area contributed by atoms with Crippen molar-refractivity contribution in [2.75, 3.05) is 6.54 Å². The Labute approximate surface area is 151 Å². The summed E-state index contributed by atoms with van der Waals surface area (Å²) >= 11 is 0. The van der Waals surface area contributed by atoms with Gasteiger partial charge in [-0.05, 0) is 35.4 Å². The summed E-state index contributed by atoms with van der Waals surface area (Å²) in [4.78, 5) is 29.4. The molecule has 0 aliphatic carbocycles. The van der Waals surface area contributed by atoms with Crippen LogP contribution in [0, 0.1) is 0 Å². The molecular weight excluding hydrogens is 328 g/mol. The Morgan fingerprint density at radius 3 is 2.12 bits per heavy atom. The van der Waals surface area contributed by atoms with Gasteiger partial charge in [0, 0.05) is 11.8 Å². The minimum atomic E-state index is -1.06. The molecule has 26 heavy (non-hydrogen) atoms. The second kappa shape index (κ2) is 8.07. The smallest absolute Gasteiger partial charge is 0.323 e. The van der Waals surface area contributed by atoms with Crippen LogP contribution >= 0.6 is 0 Å². The summed E-state index contributed by atoms with van der Waals surface area (Å²) in [6.07, 6.45) is 1.62. The Bertz CT molecular complexity index is 878. The first kappa shape index (κ1) is 17.4. The van der Waals surface area contributed by atoms with Gasteiger partial charge in [-0.3, -0.25) is 14.6 Å². The van der Waals surface area contributed by atoms with Gasteiger partial charge in [-0.15, -0.1) is 0 Å². The zero-order valence-corrected chi connectivity index (χ0v) is 14.1. The molecule has 0 aliphatic heterocycles. The van der Waals surface area contributed by atoms with Gasteiger partial charge in [0.2, 0.25) is 0 Å². The number of carboxylic acid groups (broad SMARTS) is 1. The van der Waals surface area contributed by atoms with E-state index in [4.69, 9.17) is 5.11 Å². The van der Waals surface area contributed by atoms with Crippen LogP contribution in [0.25, 0.3) is 11.1 Å². The van der Waals surface area contributed by atoms with Gasteiger partial charge >= 0.3 is 5.97 Å². The second-order valence-electron chi connectivity index (χ2n) is 5.82. The Morgan fingerprint density at radius 1 is 0.846 bits per heavy atom. The number of nitrogens with zero attached hydrogens (tertiary/aromatic N) is 2. The van der Waals surface area contributed by atoms with Gasteiger partial charge in [-0.2, -0.15) is 0 Å². The Kier molecular flexibility index (Phi) is 5.39. The highest BCUT2D eigenvalue weighted by Crippen LogP contribution is 2.20. The maximum Gasteiger partial charge on any atom is 0.323 e. The average molecular weight is 346 g/mol. The normalized spacial score (nSPS) is 10.3. The molecule has 0 radical (unpaired) electrons. The van der Waals surface area contributed by atoms with Crippen molar-refractivity contribution >= 4 is 11.9 Å². The van der Waals surface area contributed by atoms with Crippen LogP contribution in [-0.2, 0) is 11.3 Å². The molecule has 1 aromatic heterocycles. The van der Waals surface area contributed by atoms with E-state index < -0.39 is 5.97 Å². The zero-order chi connectivity index (χ0) is 18.4. The van der Waals surface area contributed by atoms with Crippen molar-refractivity contribution in [3.05, 3.63) is 90.3 Å². The van der Waals surface area contributed by atoms with Crippen molar-refractivity contribution in [1.82, 2.24) is 9.88 Å². The highest BCUT2D eigenvalue weighted by Gasteiger charge is 2.19. The molecule has 5 nitrogen and oxygen atoms in total. The zero-order valence-electron chi connectivity index (χ0n) is 14.1. The van der Waals surface area contributed by atoms with Crippen molar-refractivity contribution in [2.24, 2.45) is 0 Å². The molecule has 2 aromatic carbocycles. The molecule has 0 aliphatic rings. The van der Waals surface area contributed by atoms with Crippen LogP contribution in [0.4, 0.5) is 0 Å². The third-order valence-corrected chi connectivity index (χ3v) is 3.93. The summed E-state index contributed by atoms with van der Waals surface area (Å²) in [5.74, 6) is -1.40. The fourth-order valence-corrected chi connectivity index (χ4v) is 2.67. The molecule has 3 rings (SSSR count). The monoisotopic (exact) mass is 346 g/mol. The lowest BCUT2D eigenvalue weighted by Gasteiger charge is -2.20. The van der Waals surface area contributed by atoms with Gasteiger partial charge in [0.25, 0.3) is 5.91 Å². The molecular formula is C21H18N2O3. The van der Waals surface area contributed by atoms with Crippen LogP contribution in [-0.4, -0.2) is 33.4 Å². The van der Waals surface area contributed by atoms with E-state index in [1.165, 1.54) is 4.90 Å². The molecule has 0 spiro atoms. The summed E-state index contributed by atoms with van der Waals surface area (Å²) in [6, 6.07) is 22.4. The number of hydrogen-bond acceptors (Lipinski definition) is 3. The number of aromatic nitrogens is 1. The Balaban J connectivity index is 1.81. The van der Waals surface area contributed by atoms with Crippen LogP contribution in [0.5, 0.6) is 0 Å². The molecule has 5 heteroatoms. The minimum absolute atomic E-state index is 0.145. The van der Waals surface area contributed by atoms with Crippen molar-refractivity contribution < 1.29 is 14.7 Å². The molecule has 0 saturated carbocycles. The number of benzene rings is 2. The molecule has 1 N–H and O–H groups in total. The maximum atomic E-state index is 12.8. The van der Waals surface area contributed by atoms with E-state index in [2.05, 4.69) is 4.98 Å². The summed E-state index contributed by atoms with van der Waals surface area (Å²) in [6.45, 7) is -0.234. The number of carboxylic acids is 1. The fraction of sp³-hybridized carbons (Fsp3) is 0.0952. The third kappa shape index (κ3) is 4.33. The predicted molar refractivity (Wildman–Crippen MR) is 98.5 cm³/mol. The lowest BCUT2D eigenvalue weighted by atomic mass is 10.0. The number of rotatable bonds is 6. The molecule has 130 valence electrons. The van der Waals surface area contributed by atoms with Crippen molar-refractivity contribution in [2.45, 2.75) is 6.54 Å². The summed E-state index contributed by atoms with van der Waals surface area (Å²) < 4.78 is 0. The summed E-state index contributed by atoms with van der Waals surface area (Å²) in [5, 5.41) is 9.14. The lowest BCUT2D eigenvalue weighted by molar-refractivity contribution is -0.137. The van der Waals surface area contributed by atoms with Gasteiger partial charge in [0.15, 0.2) is 0 Å². The molecule has 1 amide bonds. The third-order valence-electron chi connectivity index (χ3n) is 3.93. The summed E-state index contributed by atoms with van der Waals surface area (Å²) in [7, 11) is 0. The first-order valence-electron chi connectivity index (χ1n) is 8.20. The van der Waals surface area contributed by atoms with Crippen LogP contribution in [0.2, 0.25) is 0 Å². The van der Waals surface area contributed by atoms with Gasteiger partial charge in [0.05, 0.1) is 12.2 Å². The minimum Gasteiger partial charge on any atom is -0.480 e. The molecule has 1 heterocycles. The first-order valence-corrected chi connectivity index (χ1v) is 8.20. The molecule has 0 bridgehead atoms. The van der Waals surface area contributed by atoms with Crippen molar-refractivity contribution in [3.63, 3.8) is 0 Å². The molecule has 0 fully saturated rings. The van der Waals surface area contributed by atoms with E-state index in [1.807, 2.05) is 42.5 Å². The van der Waals surface area contributed by atoms with Crippen molar-refractivity contribution in [3.8, 4) is 11.1 Å². The maximum absolute atomic E-state index is 12.8. The second-order valence-corrected chi connectivity index (χ2v) is 5.82. The topological polar surface area (TPSA) is 70.5 Å². The largest absolute Gasteiger partial charge is 0.480 e. The number of amides is 1. The van der Waals surface area contributed by atoms with E-state index >= 15 is 0 Å².